The first kappa shape index (κ1) is 15.1. The second-order valence-corrected chi connectivity index (χ2v) is 5.35. The zero-order valence-corrected chi connectivity index (χ0v) is 12.9. The molecule has 0 aliphatic carbocycles. The quantitative estimate of drug-likeness (QED) is 0.794. The lowest BCUT2D eigenvalue weighted by Gasteiger charge is -2.42. The summed E-state index contributed by atoms with van der Waals surface area (Å²) in [6, 6.07) is 4.31. The van der Waals surface area contributed by atoms with Crippen LogP contribution in [-0.2, 0) is 4.79 Å². The van der Waals surface area contributed by atoms with E-state index in [4.69, 9.17) is 9.47 Å². The fourth-order valence-corrected chi connectivity index (χ4v) is 2.73. The molecule has 2 heterocycles. The number of hydrogen-bond acceptors (Lipinski definition) is 5. The second-order valence-electron chi connectivity index (χ2n) is 5.35. The number of carbonyl (C=O) groups is 3. The van der Waals surface area contributed by atoms with Crippen molar-refractivity contribution in [1.82, 2.24) is 15.1 Å². The van der Waals surface area contributed by atoms with Crippen molar-refractivity contribution in [2.75, 3.05) is 33.9 Å². The smallest absolute Gasteiger partial charge is 0.324 e. The SMILES string of the molecule is COc1ccc(C(=O)N2CC(N3C(=O)CNC3=O)C2)c(OC)c1. The maximum Gasteiger partial charge on any atom is 0.324 e. The molecule has 0 atom stereocenters. The van der Waals surface area contributed by atoms with Crippen LogP contribution in [0.1, 0.15) is 10.4 Å². The van der Waals surface area contributed by atoms with E-state index in [0.29, 0.717) is 30.2 Å². The third-order valence-corrected chi connectivity index (χ3v) is 4.03. The number of benzene rings is 1. The molecule has 0 spiro atoms. The van der Waals surface area contributed by atoms with Gasteiger partial charge in [-0.1, -0.05) is 0 Å². The zero-order valence-electron chi connectivity index (χ0n) is 12.9. The predicted octanol–water partition coefficient (Wildman–Crippen LogP) is 0.0800. The molecule has 1 aromatic rings. The van der Waals surface area contributed by atoms with E-state index in [1.807, 2.05) is 0 Å². The van der Waals surface area contributed by atoms with Crippen LogP contribution in [0.15, 0.2) is 18.2 Å². The number of carbonyl (C=O) groups excluding carboxylic acids is 3. The second kappa shape index (κ2) is 5.79. The Bertz CT molecular complexity index is 653. The summed E-state index contributed by atoms with van der Waals surface area (Å²) in [6.07, 6.45) is 0. The maximum absolute atomic E-state index is 12.5. The molecule has 0 saturated carbocycles. The van der Waals surface area contributed by atoms with Gasteiger partial charge in [-0.2, -0.15) is 0 Å². The Morgan fingerprint density at radius 1 is 1.22 bits per heavy atom. The van der Waals surface area contributed by atoms with Gasteiger partial charge < -0.3 is 19.7 Å². The van der Waals surface area contributed by atoms with E-state index in [9.17, 15) is 14.4 Å². The number of hydrogen-bond donors (Lipinski definition) is 1. The molecule has 0 aromatic heterocycles. The molecule has 8 heteroatoms. The van der Waals surface area contributed by atoms with Crippen molar-refractivity contribution in [3.8, 4) is 11.5 Å². The van der Waals surface area contributed by atoms with Gasteiger partial charge in [0.1, 0.15) is 11.5 Å². The third-order valence-electron chi connectivity index (χ3n) is 4.03. The van der Waals surface area contributed by atoms with Crippen LogP contribution in [0, 0.1) is 0 Å². The summed E-state index contributed by atoms with van der Waals surface area (Å²) in [5.41, 5.74) is 0.420. The molecule has 1 N–H and O–H groups in total. The van der Waals surface area contributed by atoms with Crippen LogP contribution in [0.25, 0.3) is 0 Å². The highest BCUT2D eigenvalue weighted by molar-refractivity contribution is 6.03. The number of rotatable bonds is 4. The topological polar surface area (TPSA) is 88.2 Å². The largest absolute Gasteiger partial charge is 0.497 e. The number of imide groups is 1. The number of methoxy groups -OCH3 is 2. The fraction of sp³-hybridized carbons (Fsp3) is 0.400. The lowest BCUT2D eigenvalue weighted by molar-refractivity contribution is -0.128. The Kier molecular flexibility index (Phi) is 3.81. The van der Waals surface area contributed by atoms with E-state index in [1.54, 1.807) is 23.1 Å². The average molecular weight is 319 g/mol. The Labute approximate surface area is 132 Å². The van der Waals surface area contributed by atoms with Gasteiger partial charge in [-0.3, -0.25) is 14.5 Å². The third kappa shape index (κ3) is 2.56. The molecular formula is C15H17N3O5. The lowest BCUT2D eigenvalue weighted by atomic mass is 10.0. The minimum Gasteiger partial charge on any atom is -0.497 e. The number of ether oxygens (including phenoxy) is 2. The number of amides is 4. The first-order valence-corrected chi connectivity index (χ1v) is 7.16. The molecule has 2 saturated heterocycles. The van der Waals surface area contributed by atoms with Crippen molar-refractivity contribution < 1.29 is 23.9 Å². The first-order valence-electron chi connectivity index (χ1n) is 7.16. The summed E-state index contributed by atoms with van der Waals surface area (Å²) in [7, 11) is 3.02. The number of nitrogens with zero attached hydrogens (tertiary/aromatic N) is 2. The highest BCUT2D eigenvalue weighted by Gasteiger charge is 2.43. The summed E-state index contributed by atoms with van der Waals surface area (Å²) in [6.45, 7) is 0.677. The van der Waals surface area contributed by atoms with Crippen molar-refractivity contribution in [1.29, 1.82) is 0 Å². The van der Waals surface area contributed by atoms with Gasteiger partial charge in [0.05, 0.1) is 32.4 Å². The van der Waals surface area contributed by atoms with Gasteiger partial charge in [0, 0.05) is 19.2 Å². The molecule has 8 nitrogen and oxygen atoms in total. The van der Waals surface area contributed by atoms with Crippen LogP contribution >= 0.6 is 0 Å². The number of likely N-dealkylation sites (tertiary alicyclic amines) is 1. The Hall–Kier alpha value is -2.77. The van der Waals surface area contributed by atoms with E-state index in [1.165, 1.54) is 19.1 Å². The molecule has 2 fully saturated rings. The van der Waals surface area contributed by atoms with Gasteiger partial charge in [0.2, 0.25) is 5.91 Å². The predicted molar refractivity (Wildman–Crippen MR) is 79.5 cm³/mol. The van der Waals surface area contributed by atoms with Gasteiger partial charge >= 0.3 is 6.03 Å². The minimum absolute atomic E-state index is 0.0234. The zero-order chi connectivity index (χ0) is 16.6. The van der Waals surface area contributed by atoms with Crippen molar-refractivity contribution >= 4 is 17.8 Å². The normalized spacial score (nSPS) is 17.8. The Morgan fingerprint density at radius 3 is 2.52 bits per heavy atom. The highest BCUT2D eigenvalue weighted by Crippen LogP contribution is 2.28. The summed E-state index contributed by atoms with van der Waals surface area (Å²) in [4.78, 5) is 38.5. The molecule has 3 rings (SSSR count). The van der Waals surface area contributed by atoms with Crippen molar-refractivity contribution in [2.45, 2.75) is 6.04 Å². The first-order chi connectivity index (χ1) is 11.0. The molecule has 4 amide bonds. The van der Waals surface area contributed by atoms with Crippen molar-refractivity contribution in [3.63, 3.8) is 0 Å². The highest BCUT2D eigenvalue weighted by atomic mass is 16.5. The maximum atomic E-state index is 12.5. The van der Waals surface area contributed by atoms with Gasteiger partial charge in [-0.05, 0) is 12.1 Å². The molecule has 2 aliphatic rings. The van der Waals surface area contributed by atoms with E-state index in [0.717, 1.165) is 0 Å². The van der Waals surface area contributed by atoms with Gasteiger partial charge in [-0.15, -0.1) is 0 Å². The minimum atomic E-state index is -0.394. The van der Waals surface area contributed by atoms with Crippen molar-refractivity contribution in [3.05, 3.63) is 23.8 Å². The Morgan fingerprint density at radius 2 is 1.96 bits per heavy atom. The Balaban J connectivity index is 1.69. The van der Waals surface area contributed by atoms with E-state index in [2.05, 4.69) is 5.32 Å². The van der Waals surface area contributed by atoms with Crippen LogP contribution < -0.4 is 14.8 Å². The van der Waals surface area contributed by atoms with E-state index in [-0.39, 0.29) is 24.4 Å². The summed E-state index contributed by atoms with van der Waals surface area (Å²) in [5, 5.41) is 2.48. The van der Waals surface area contributed by atoms with Crippen LogP contribution in [0.2, 0.25) is 0 Å². The fourth-order valence-electron chi connectivity index (χ4n) is 2.73. The molecule has 23 heavy (non-hydrogen) atoms. The van der Waals surface area contributed by atoms with Crippen molar-refractivity contribution in [2.24, 2.45) is 0 Å². The van der Waals surface area contributed by atoms with Gasteiger partial charge in [-0.25, -0.2) is 4.79 Å². The van der Waals surface area contributed by atoms with Crippen LogP contribution in [0.4, 0.5) is 4.79 Å². The molecule has 2 aliphatic heterocycles. The number of urea groups is 1. The lowest BCUT2D eigenvalue weighted by Crippen LogP contribution is -2.62. The van der Waals surface area contributed by atoms with Crippen LogP contribution in [0.5, 0.6) is 11.5 Å². The summed E-state index contributed by atoms with van der Waals surface area (Å²) in [5.74, 6) is 0.564. The molecule has 0 radical (unpaired) electrons. The monoisotopic (exact) mass is 319 g/mol. The average Bonchev–Trinajstić information content (AvgIpc) is 2.85. The number of nitrogens with one attached hydrogen (secondary N) is 1. The molecule has 0 bridgehead atoms. The summed E-state index contributed by atoms with van der Waals surface area (Å²) >= 11 is 0. The van der Waals surface area contributed by atoms with Crippen LogP contribution in [-0.4, -0.2) is 67.5 Å². The van der Waals surface area contributed by atoms with E-state index < -0.39 is 6.03 Å². The van der Waals surface area contributed by atoms with Crippen LogP contribution in [0.3, 0.4) is 0 Å². The molecule has 0 unspecified atom stereocenters. The van der Waals surface area contributed by atoms with Gasteiger partial charge in [0.15, 0.2) is 0 Å². The van der Waals surface area contributed by atoms with E-state index >= 15 is 0 Å². The summed E-state index contributed by atoms with van der Waals surface area (Å²) < 4.78 is 10.3. The molecule has 1 aromatic carbocycles. The molecular weight excluding hydrogens is 302 g/mol. The molecule has 122 valence electrons. The van der Waals surface area contributed by atoms with Gasteiger partial charge in [0.25, 0.3) is 5.91 Å². The standard InChI is InChI=1S/C15H17N3O5/c1-22-10-3-4-11(12(5-10)23-2)14(20)17-7-9(8-17)18-13(19)6-16-15(18)21/h3-5,9H,6-8H2,1-2H3,(H,16,21).